The Kier molecular flexibility index (Phi) is 3.99. The van der Waals surface area contributed by atoms with Crippen LogP contribution < -0.4 is 10.9 Å². The van der Waals surface area contributed by atoms with Crippen LogP contribution >= 0.6 is 11.3 Å². The lowest BCUT2D eigenvalue weighted by atomic mass is 10.3. The summed E-state index contributed by atoms with van der Waals surface area (Å²) in [7, 11) is 0. The van der Waals surface area contributed by atoms with Crippen LogP contribution in [-0.2, 0) is 11.2 Å². The average Bonchev–Trinajstić information content (AvgIpc) is 2.77. The highest BCUT2D eigenvalue weighted by Gasteiger charge is 2.15. The molecule has 0 aliphatic heterocycles. The lowest BCUT2D eigenvalue weighted by Crippen LogP contribution is -2.25. The molecular formula is C13H17N3O2S. The maximum absolute atomic E-state index is 12.4. The molecule has 2 aromatic rings. The van der Waals surface area contributed by atoms with Crippen LogP contribution in [0.15, 0.2) is 10.2 Å². The largest absolute Gasteiger partial charge is 0.320 e. The lowest BCUT2D eigenvalue weighted by Gasteiger charge is -2.08. The molecule has 6 heteroatoms. The van der Waals surface area contributed by atoms with Crippen molar-refractivity contribution in [1.29, 1.82) is 0 Å². The second-order valence-electron chi connectivity index (χ2n) is 4.37. The van der Waals surface area contributed by atoms with E-state index in [0.29, 0.717) is 22.8 Å². The minimum absolute atomic E-state index is 0.141. The minimum atomic E-state index is -0.190. The molecule has 0 fully saturated rings. The average molecular weight is 279 g/mol. The van der Waals surface area contributed by atoms with Gasteiger partial charge in [-0.3, -0.25) is 14.0 Å². The fraction of sp³-hybridized carbons (Fsp3) is 0.462. The summed E-state index contributed by atoms with van der Waals surface area (Å²) < 4.78 is 1.58. The normalized spacial score (nSPS) is 10.9. The first kappa shape index (κ1) is 13.7. The summed E-state index contributed by atoms with van der Waals surface area (Å²) in [6.07, 6.45) is 1.92. The van der Waals surface area contributed by atoms with Crippen molar-refractivity contribution in [3.05, 3.63) is 27.1 Å². The molecular weight excluding hydrogens is 262 g/mol. The summed E-state index contributed by atoms with van der Waals surface area (Å²) >= 11 is 1.44. The molecule has 0 unspecified atom stereocenters. The van der Waals surface area contributed by atoms with E-state index >= 15 is 0 Å². The Labute approximate surface area is 115 Å². The number of aromatic nitrogens is 2. The van der Waals surface area contributed by atoms with E-state index in [2.05, 4.69) is 10.3 Å². The predicted octanol–water partition coefficient (Wildman–Crippen LogP) is 2.37. The molecule has 0 aliphatic carbocycles. The van der Waals surface area contributed by atoms with Crippen LogP contribution in [0.4, 0.5) is 5.69 Å². The van der Waals surface area contributed by atoms with Gasteiger partial charge in [-0.25, -0.2) is 4.98 Å². The van der Waals surface area contributed by atoms with Crippen molar-refractivity contribution in [2.75, 3.05) is 5.32 Å². The zero-order valence-electron chi connectivity index (χ0n) is 11.3. The van der Waals surface area contributed by atoms with Crippen LogP contribution in [-0.4, -0.2) is 15.3 Å². The number of nitrogens with one attached hydrogen (secondary N) is 1. The molecule has 0 aliphatic rings. The van der Waals surface area contributed by atoms with Gasteiger partial charge in [0.1, 0.15) is 5.69 Å². The van der Waals surface area contributed by atoms with Crippen molar-refractivity contribution in [3.8, 4) is 0 Å². The molecule has 102 valence electrons. The second kappa shape index (κ2) is 5.52. The van der Waals surface area contributed by atoms with Gasteiger partial charge in [0.2, 0.25) is 5.91 Å². The topological polar surface area (TPSA) is 63.5 Å². The van der Waals surface area contributed by atoms with Crippen molar-refractivity contribution in [1.82, 2.24) is 9.38 Å². The maximum atomic E-state index is 12.4. The van der Waals surface area contributed by atoms with Crippen molar-refractivity contribution in [2.24, 2.45) is 0 Å². The molecule has 0 saturated carbocycles. The molecule has 0 spiro atoms. The van der Waals surface area contributed by atoms with E-state index in [-0.39, 0.29) is 11.5 Å². The SMILES string of the molecule is CCCC(=O)Nc1c(C)nc2scc(CC)n2c1=O. The molecule has 0 aromatic carbocycles. The number of nitrogens with zero attached hydrogens (tertiary/aromatic N) is 2. The van der Waals surface area contributed by atoms with Crippen molar-refractivity contribution in [2.45, 2.75) is 40.0 Å². The van der Waals surface area contributed by atoms with Gasteiger partial charge in [-0.15, -0.1) is 11.3 Å². The van der Waals surface area contributed by atoms with E-state index in [4.69, 9.17) is 0 Å². The number of hydrogen-bond acceptors (Lipinski definition) is 4. The Hall–Kier alpha value is -1.69. The lowest BCUT2D eigenvalue weighted by molar-refractivity contribution is -0.116. The van der Waals surface area contributed by atoms with Gasteiger partial charge in [-0.05, 0) is 19.8 Å². The molecule has 0 atom stereocenters. The minimum Gasteiger partial charge on any atom is -0.320 e. The molecule has 1 N–H and O–H groups in total. The number of anilines is 1. The molecule has 2 heterocycles. The first-order valence-electron chi connectivity index (χ1n) is 6.38. The zero-order chi connectivity index (χ0) is 14.0. The van der Waals surface area contributed by atoms with Crippen LogP contribution in [0.1, 0.15) is 38.1 Å². The third kappa shape index (κ3) is 2.53. The first-order valence-corrected chi connectivity index (χ1v) is 7.26. The Morgan fingerprint density at radius 1 is 1.47 bits per heavy atom. The van der Waals surface area contributed by atoms with E-state index < -0.39 is 0 Å². The standard InChI is InChI=1S/C13H17N3O2S/c1-4-6-10(17)15-11-8(3)14-13-16(12(11)18)9(5-2)7-19-13/h7H,4-6H2,1-3H3,(H,15,17). The molecule has 2 aromatic heterocycles. The van der Waals surface area contributed by atoms with E-state index in [1.54, 1.807) is 11.3 Å². The van der Waals surface area contributed by atoms with Gasteiger partial charge in [-0.2, -0.15) is 0 Å². The number of hydrogen-bond donors (Lipinski definition) is 1. The van der Waals surface area contributed by atoms with Crippen LogP contribution in [0.3, 0.4) is 0 Å². The smallest absolute Gasteiger partial charge is 0.282 e. The zero-order valence-corrected chi connectivity index (χ0v) is 12.1. The quantitative estimate of drug-likeness (QED) is 0.934. The van der Waals surface area contributed by atoms with Crippen LogP contribution in [0.5, 0.6) is 0 Å². The van der Waals surface area contributed by atoms with E-state index in [1.165, 1.54) is 11.3 Å². The summed E-state index contributed by atoms with van der Waals surface area (Å²) in [4.78, 5) is 29.2. The predicted molar refractivity (Wildman–Crippen MR) is 77.0 cm³/mol. The van der Waals surface area contributed by atoms with Crippen LogP contribution in [0, 0.1) is 6.92 Å². The van der Waals surface area contributed by atoms with Gasteiger partial charge < -0.3 is 5.32 Å². The summed E-state index contributed by atoms with van der Waals surface area (Å²) in [6.45, 7) is 5.66. The van der Waals surface area contributed by atoms with E-state index in [1.807, 2.05) is 19.2 Å². The molecule has 0 radical (unpaired) electrons. The number of carbonyl (C=O) groups is 1. The number of aryl methyl sites for hydroxylation is 2. The van der Waals surface area contributed by atoms with Crippen molar-refractivity contribution < 1.29 is 4.79 Å². The van der Waals surface area contributed by atoms with Gasteiger partial charge in [-0.1, -0.05) is 13.8 Å². The fourth-order valence-electron chi connectivity index (χ4n) is 1.92. The fourth-order valence-corrected chi connectivity index (χ4v) is 2.93. The molecule has 2 rings (SSSR count). The van der Waals surface area contributed by atoms with Crippen molar-refractivity contribution in [3.63, 3.8) is 0 Å². The number of amides is 1. The van der Waals surface area contributed by atoms with Gasteiger partial charge in [0, 0.05) is 17.5 Å². The molecule has 0 saturated heterocycles. The maximum Gasteiger partial charge on any atom is 0.282 e. The van der Waals surface area contributed by atoms with Gasteiger partial charge in [0.15, 0.2) is 4.96 Å². The third-order valence-electron chi connectivity index (χ3n) is 2.92. The number of carbonyl (C=O) groups excluding carboxylic acids is 1. The summed E-state index contributed by atoms with van der Waals surface area (Å²) in [5.74, 6) is -0.141. The number of thiazole rings is 1. The van der Waals surface area contributed by atoms with Gasteiger partial charge in [0.25, 0.3) is 5.56 Å². The molecule has 5 nitrogen and oxygen atoms in total. The van der Waals surface area contributed by atoms with Gasteiger partial charge >= 0.3 is 0 Å². The monoisotopic (exact) mass is 279 g/mol. The molecule has 0 bridgehead atoms. The Morgan fingerprint density at radius 3 is 2.84 bits per heavy atom. The first-order chi connectivity index (χ1) is 9.08. The summed E-state index contributed by atoms with van der Waals surface area (Å²) in [5.41, 5.74) is 1.59. The molecule has 19 heavy (non-hydrogen) atoms. The highest BCUT2D eigenvalue weighted by atomic mass is 32.1. The second-order valence-corrected chi connectivity index (χ2v) is 5.21. The highest BCUT2D eigenvalue weighted by Crippen LogP contribution is 2.17. The number of rotatable bonds is 4. The Bertz CT molecular complexity index is 672. The van der Waals surface area contributed by atoms with Crippen molar-refractivity contribution >= 4 is 27.9 Å². The molecule has 1 amide bonds. The third-order valence-corrected chi connectivity index (χ3v) is 3.80. The number of fused-ring (bicyclic) bond motifs is 1. The Balaban J connectivity index is 2.54. The van der Waals surface area contributed by atoms with E-state index in [0.717, 1.165) is 18.5 Å². The van der Waals surface area contributed by atoms with Crippen LogP contribution in [0.25, 0.3) is 4.96 Å². The highest BCUT2D eigenvalue weighted by molar-refractivity contribution is 7.15. The summed E-state index contributed by atoms with van der Waals surface area (Å²) in [5, 5.41) is 4.61. The Morgan fingerprint density at radius 2 is 2.21 bits per heavy atom. The van der Waals surface area contributed by atoms with Crippen LogP contribution in [0.2, 0.25) is 0 Å². The van der Waals surface area contributed by atoms with E-state index in [9.17, 15) is 9.59 Å². The summed E-state index contributed by atoms with van der Waals surface area (Å²) in [6, 6.07) is 0. The van der Waals surface area contributed by atoms with Gasteiger partial charge in [0.05, 0.1) is 5.69 Å².